The number of alkyl halides is 3. The number of aromatic nitrogens is 1. The summed E-state index contributed by atoms with van der Waals surface area (Å²) in [6, 6.07) is 2.06. The van der Waals surface area contributed by atoms with E-state index in [1.165, 1.54) is 18.3 Å². The van der Waals surface area contributed by atoms with Gasteiger partial charge in [0.25, 0.3) is 0 Å². The van der Waals surface area contributed by atoms with Gasteiger partial charge in [0.2, 0.25) is 0 Å². The van der Waals surface area contributed by atoms with Crippen LogP contribution in [0.3, 0.4) is 0 Å². The third-order valence-electron chi connectivity index (χ3n) is 5.54. The molecule has 0 unspecified atom stereocenters. The Bertz CT molecular complexity index is 1100. The highest BCUT2D eigenvalue weighted by molar-refractivity contribution is 9.10. The van der Waals surface area contributed by atoms with Crippen molar-refractivity contribution < 1.29 is 37.7 Å². The lowest BCUT2D eigenvalue weighted by molar-refractivity contribution is -0.138. The normalized spacial score (nSPS) is 15.0. The number of hydrogen-bond acceptors (Lipinski definition) is 6. The van der Waals surface area contributed by atoms with Gasteiger partial charge in [0.1, 0.15) is 10.6 Å². The van der Waals surface area contributed by atoms with Crippen LogP contribution in [0.15, 0.2) is 34.2 Å². The van der Waals surface area contributed by atoms with E-state index in [4.69, 9.17) is 4.74 Å². The molecule has 0 aliphatic heterocycles. The van der Waals surface area contributed by atoms with Crippen LogP contribution in [0.4, 0.5) is 22.8 Å². The topological polar surface area (TPSA) is 112 Å². The molecule has 8 nitrogen and oxygen atoms in total. The minimum atomic E-state index is -4.64. The number of carbonyl (C=O) groups excluding carboxylic acids is 1. The van der Waals surface area contributed by atoms with Gasteiger partial charge in [-0.05, 0) is 59.2 Å². The van der Waals surface area contributed by atoms with Gasteiger partial charge < -0.3 is 25.2 Å². The number of alkyl carbamates (subject to hydrolysis) is 1. The number of hydrogen-bond donors (Lipinski definition) is 3. The third kappa shape index (κ3) is 7.35. The minimum Gasteiger partial charge on any atom is -0.465 e. The summed E-state index contributed by atoms with van der Waals surface area (Å²) in [6.45, 7) is 8.86. The summed E-state index contributed by atoms with van der Waals surface area (Å²) in [5, 5.41) is 25.4. The molecule has 2 aromatic rings. The molecule has 13 heteroatoms. The number of halogens is 4. The first-order valence-corrected chi connectivity index (χ1v) is 12.9. The Balaban J connectivity index is 2.80. The molecule has 206 valence electrons. The summed E-state index contributed by atoms with van der Waals surface area (Å²) in [5.74, 6) is 0. The van der Waals surface area contributed by atoms with Gasteiger partial charge in [-0.25, -0.2) is 14.6 Å². The largest absolute Gasteiger partial charge is 0.465 e. The molecule has 0 aliphatic carbocycles. The molecule has 0 fully saturated rings. The lowest BCUT2D eigenvalue weighted by Gasteiger charge is -2.43. The quantitative estimate of drug-likeness (QED) is 0.362. The fourth-order valence-corrected chi connectivity index (χ4v) is 5.32. The Hall–Kier alpha value is -2.38. The fraction of sp³-hybridized carbons (Fsp3) is 0.542. The van der Waals surface area contributed by atoms with E-state index in [0.717, 1.165) is 22.3 Å². The van der Waals surface area contributed by atoms with Crippen molar-refractivity contribution in [2.45, 2.75) is 70.3 Å². The zero-order valence-corrected chi connectivity index (χ0v) is 23.7. The number of carbonyl (C=O) groups is 2. The van der Waals surface area contributed by atoms with Crippen LogP contribution >= 0.6 is 27.3 Å². The lowest BCUT2D eigenvalue weighted by Crippen LogP contribution is -2.61. The van der Waals surface area contributed by atoms with Crippen LogP contribution in [0.1, 0.15) is 57.7 Å². The number of ether oxygens (including phenoxy) is 1. The Morgan fingerprint density at radius 1 is 1.19 bits per heavy atom. The Morgan fingerprint density at radius 2 is 1.81 bits per heavy atom. The second-order valence-corrected chi connectivity index (χ2v) is 12.2. The number of benzene rings is 1. The molecule has 2 rings (SSSR count). The molecule has 0 spiro atoms. The van der Waals surface area contributed by atoms with Crippen LogP contribution in [0.5, 0.6) is 0 Å². The monoisotopic (exact) mass is 609 g/mol. The zero-order chi connectivity index (χ0) is 28.4. The molecule has 3 N–H and O–H groups in total. The number of amides is 2. The number of aliphatic hydroxyl groups is 1. The van der Waals surface area contributed by atoms with Crippen LogP contribution in [-0.4, -0.2) is 62.6 Å². The summed E-state index contributed by atoms with van der Waals surface area (Å²) < 4.78 is 45.6. The predicted molar refractivity (Wildman–Crippen MR) is 137 cm³/mol. The van der Waals surface area contributed by atoms with Crippen LogP contribution < -0.4 is 5.32 Å². The average Bonchev–Trinajstić information content (AvgIpc) is 3.24. The van der Waals surface area contributed by atoms with E-state index in [2.05, 4.69) is 26.2 Å². The van der Waals surface area contributed by atoms with Gasteiger partial charge in [0, 0.05) is 28.1 Å². The first kappa shape index (κ1) is 30.8. The first-order chi connectivity index (χ1) is 16.8. The highest BCUT2D eigenvalue weighted by atomic mass is 79.9. The zero-order valence-electron chi connectivity index (χ0n) is 21.3. The first-order valence-electron chi connectivity index (χ1n) is 11.2. The van der Waals surface area contributed by atoms with E-state index in [-0.39, 0.29) is 21.6 Å². The molecule has 2 atom stereocenters. The van der Waals surface area contributed by atoms with Crippen molar-refractivity contribution in [1.29, 1.82) is 0 Å². The molecular formula is C24H31BrF3N3O5S. The summed E-state index contributed by atoms with van der Waals surface area (Å²) in [5.41, 5.74) is -4.20. The molecular weight excluding hydrogens is 579 g/mol. The number of thiazole rings is 1. The van der Waals surface area contributed by atoms with E-state index < -0.39 is 53.1 Å². The van der Waals surface area contributed by atoms with E-state index in [1.54, 1.807) is 46.9 Å². The number of nitrogens with zero attached hydrogens (tertiary/aromatic N) is 2. The highest BCUT2D eigenvalue weighted by Crippen LogP contribution is 2.42. The van der Waals surface area contributed by atoms with Gasteiger partial charge >= 0.3 is 18.4 Å². The van der Waals surface area contributed by atoms with Crippen molar-refractivity contribution in [2.24, 2.45) is 0 Å². The predicted octanol–water partition coefficient (Wildman–Crippen LogP) is 5.87. The molecule has 1 aromatic carbocycles. The number of rotatable bonds is 7. The van der Waals surface area contributed by atoms with E-state index in [9.17, 15) is 33.0 Å². The van der Waals surface area contributed by atoms with E-state index >= 15 is 0 Å². The van der Waals surface area contributed by atoms with Gasteiger partial charge in [0.15, 0.2) is 0 Å². The van der Waals surface area contributed by atoms with Crippen molar-refractivity contribution in [3.8, 4) is 0 Å². The summed E-state index contributed by atoms with van der Waals surface area (Å²) in [6.07, 6.45) is -5.37. The fourth-order valence-electron chi connectivity index (χ4n) is 3.81. The molecule has 1 heterocycles. The van der Waals surface area contributed by atoms with Crippen LogP contribution in [-0.2, 0) is 16.3 Å². The average molecular weight is 610 g/mol. The van der Waals surface area contributed by atoms with Crippen molar-refractivity contribution >= 4 is 39.5 Å². The molecule has 2 amide bonds. The Kier molecular flexibility index (Phi) is 9.30. The molecule has 0 radical (unpaired) electrons. The Morgan fingerprint density at radius 3 is 2.22 bits per heavy atom. The number of nitrogens with one attached hydrogen (secondary N) is 1. The van der Waals surface area contributed by atoms with Crippen molar-refractivity contribution in [1.82, 2.24) is 15.2 Å². The number of aliphatic hydroxyl groups excluding tert-OH is 1. The maximum Gasteiger partial charge on any atom is 0.417 e. The molecule has 0 aliphatic rings. The van der Waals surface area contributed by atoms with Crippen LogP contribution in [0, 0.1) is 0 Å². The van der Waals surface area contributed by atoms with Gasteiger partial charge in [-0.2, -0.15) is 13.2 Å². The summed E-state index contributed by atoms with van der Waals surface area (Å²) >= 11 is 4.09. The van der Waals surface area contributed by atoms with Gasteiger partial charge in [-0.1, -0.05) is 22.0 Å². The summed E-state index contributed by atoms with van der Waals surface area (Å²) in [7, 11) is 0. The smallest absolute Gasteiger partial charge is 0.417 e. The van der Waals surface area contributed by atoms with Crippen molar-refractivity contribution in [3.63, 3.8) is 0 Å². The van der Waals surface area contributed by atoms with Crippen molar-refractivity contribution in [2.75, 3.05) is 13.2 Å². The maximum absolute atomic E-state index is 13.5. The van der Waals surface area contributed by atoms with Gasteiger partial charge in [-0.3, -0.25) is 0 Å². The SMILES string of the molecule is CC(C)(C)OC(=O)N[C@H](CN(C(=O)O)C(C)(C)C)[C@](CO)(c1ccc(C(F)(F)F)c(Br)c1)c1nccs1. The minimum absolute atomic E-state index is 0.185. The maximum atomic E-state index is 13.5. The highest BCUT2D eigenvalue weighted by Gasteiger charge is 2.48. The van der Waals surface area contributed by atoms with Crippen LogP contribution in [0.25, 0.3) is 0 Å². The second kappa shape index (κ2) is 11.2. The summed E-state index contributed by atoms with van der Waals surface area (Å²) in [4.78, 5) is 30.5. The third-order valence-corrected chi connectivity index (χ3v) is 7.15. The van der Waals surface area contributed by atoms with Crippen LogP contribution in [0.2, 0.25) is 0 Å². The number of carboxylic acid groups (broad SMARTS) is 1. The van der Waals surface area contributed by atoms with Gasteiger partial charge in [-0.15, -0.1) is 11.3 Å². The van der Waals surface area contributed by atoms with E-state index in [0.29, 0.717) is 0 Å². The van der Waals surface area contributed by atoms with Gasteiger partial charge in [0.05, 0.1) is 23.6 Å². The van der Waals surface area contributed by atoms with Crippen molar-refractivity contribution in [3.05, 3.63) is 50.4 Å². The molecule has 0 saturated carbocycles. The Labute approximate surface area is 226 Å². The van der Waals surface area contributed by atoms with E-state index in [1.807, 2.05) is 0 Å². The molecule has 1 aromatic heterocycles. The lowest BCUT2D eigenvalue weighted by atomic mass is 9.74. The standard InChI is InChI=1S/C24H31BrF3N3O5S/c1-21(2,3)31(20(34)35)12-17(30-19(33)36-22(4,5)6)23(13-32,18-29-9-10-37-18)14-7-8-15(16(25)11-14)24(26,27)28/h7-11,17,32H,12-13H2,1-6H3,(H,30,33)(H,34,35)/t17-,23+/m1/s1. The second-order valence-electron chi connectivity index (χ2n) is 10.4. The molecule has 37 heavy (non-hydrogen) atoms. The molecule has 0 saturated heterocycles. The molecule has 0 bridgehead atoms.